The molecule has 1 aliphatic heterocycles. The Bertz CT molecular complexity index is 740. The van der Waals surface area contributed by atoms with Crippen molar-refractivity contribution in [1.82, 2.24) is 25.4 Å². The number of guanidine groups is 1. The van der Waals surface area contributed by atoms with Gasteiger partial charge in [-0.2, -0.15) is 0 Å². The maximum atomic E-state index is 4.40. The molecule has 0 radical (unpaired) electrons. The number of fused-ring (bicyclic) bond motifs is 1. The number of aromatic nitrogens is 3. The van der Waals surface area contributed by atoms with Gasteiger partial charge in [-0.05, 0) is 37.3 Å². The number of nitrogens with one attached hydrogen (secondary N) is 2. The van der Waals surface area contributed by atoms with E-state index in [1.165, 1.54) is 36.2 Å². The second kappa shape index (κ2) is 11.3. The number of aryl methyl sites for hydroxylation is 3. The summed E-state index contributed by atoms with van der Waals surface area (Å²) in [6.45, 7) is 4.86. The van der Waals surface area contributed by atoms with E-state index >= 15 is 0 Å². The fourth-order valence-electron chi connectivity index (χ4n) is 3.39. The SMILES string of the molecule is CN=C(NCCCc1nnc2n1CCCCC2)NCc1ccccc1C.I. The molecule has 0 saturated carbocycles. The number of hydrogen-bond donors (Lipinski definition) is 2. The van der Waals surface area contributed by atoms with Crippen molar-refractivity contribution in [3.05, 3.63) is 47.0 Å². The lowest BCUT2D eigenvalue weighted by atomic mass is 10.1. The van der Waals surface area contributed by atoms with Crippen molar-refractivity contribution in [3.63, 3.8) is 0 Å². The molecule has 148 valence electrons. The molecular formula is C20H31IN6. The highest BCUT2D eigenvalue weighted by molar-refractivity contribution is 14.0. The second-order valence-electron chi connectivity index (χ2n) is 6.88. The Morgan fingerprint density at radius 2 is 2.00 bits per heavy atom. The lowest BCUT2D eigenvalue weighted by Crippen LogP contribution is -2.37. The van der Waals surface area contributed by atoms with Crippen molar-refractivity contribution in [2.24, 2.45) is 4.99 Å². The first-order valence-corrected chi connectivity index (χ1v) is 9.68. The molecule has 2 aromatic rings. The van der Waals surface area contributed by atoms with Gasteiger partial charge in [0.2, 0.25) is 0 Å². The minimum Gasteiger partial charge on any atom is -0.356 e. The molecule has 6 nitrogen and oxygen atoms in total. The van der Waals surface area contributed by atoms with Crippen LogP contribution in [-0.2, 0) is 25.9 Å². The van der Waals surface area contributed by atoms with Crippen molar-refractivity contribution >= 4 is 29.9 Å². The van der Waals surface area contributed by atoms with E-state index in [4.69, 9.17) is 0 Å². The van der Waals surface area contributed by atoms with Gasteiger partial charge in [-0.1, -0.05) is 30.7 Å². The Morgan fingerprint density at radius 1 is 1.15 bits per heavy atom. The van der Waals surface area contributed by atoms with Gasteiger partial charge in [-0.25, -0.2) is 0 Å². The summed E-state index contributed by atoms with van der Waals surface area (Å²) in [6.07, 6.45) is 6.82. The monoisotopic (exact) mass is 482 g/mol. The van der Waals surface area contributed by atoms with E-state index in [9.17, 15) is 0 Å². The molecule has 0 amide bonds. The first-order chi connectivity index (χ1) is 12.8. The molecule has 1 aromatic heterocycles. The van der Waals surface area contributed by atoms with Gasteiger partial charge in [0.1, 0.15) is 11.6 Å². The van der Waals surface area contributed by atoms with Gasteiger partial charge in [0.25, 0.3) is 0 Å². The summed E-state index contributed by atoms with van der Waals surface area (Å²) in [5.41, 5.74) is 2.59. The number of nitrogens with zero attached hydrogens (tertiary/aromatic N) is 4. The Labute approximate surface area is 179 Å². The summed E-state index contributed by atoms with van der Waals surface area (Å²) in [5, 5.41) is 15.6. The lowest BCUT2D eigenvalue weighted by molar-refractivity contribution is 0.594. The topological polar surface area (TPSA) is 67.1 Å². The van der Waals surface area contributed by atoms with E-state index in [0.717, 1.165) is 50.7 Å². The standard InChI is InChI=1S/C20H30N6.HI/c1-16-9-5-6-10-17(16)15-23-20(21-2)22-13-8-12-19-25-24-18-11-4-3-7-14-26(18)19;/h5-6,9-10H,3-4,7-8,11-15H2,1-2H3,(H2,21,22,23);1H. The Morgan fingerprint density at radius 3 is 2.81 bits per heavy atom. The molecule has 0 saturated heterocycles. The van der Waals surface area contributed by atoms with Gasteiger partial charge >= 0.3 is 0 Å². The predicted octanol–water partition coefficient (Wildman–Crippen LogP) is 3.23. The Hall–Kier alpha value is -1.64. The molecule has 7 heteroatoms. The minimum absolute atomic E-state index is 0. The van der Waals surface area contributed by atoms with Gasteiger partial charge in [-0.15, -0.1) is 34.2 Å². The van der Waals surface area contributed by atoms with Crippen LogP contribution >= 0.6 is 24.0 Å². The number of benzene rings is 1. The van der Waals surface area contributed by atoms with Crippen molar-refractivity contribution < 1.29 is 0 Å². The molecule has 2 heterocycles. The van der Waals surface area contributed by atoms with E-state index in [0.29, 0.717) is 0 Å². The molecule has 27 heavy (non-hydrogen) atoms. The largest absolute Gasteiger partial charge is 0.356 e. The molecule has 2 N–H and O–H groups in total. The number of aliphatic imine (C=N–C) groups is 1. The van der Waals surface area contributed by atoms with Crippen LogP contribution in [-0.4, -0.2) is 34.3 Å². The van der Waals surface area contributed by atoms with Crippen LogP contribution in [0, 0.1) is 6.92 Å². The summed E-state index contributed by atoms with van der Waals surface area (Å²) in [6, 6.07) is 8.42. The van der Waals surface area contributed by atoms with Crippen molar-refractivity contribution in [1.29, 1.82) is 0 Å². The van der Waals surface area contributed by atoms with Gasteiger partial charge in [0.15, 0.2) is 5.96 Å². The Balaban J connectivity index is 0.00000261. The van der Waals surface area contributed by atoms with Crippen molar-refractivity contribution in [2.45, 2.75) is 58.5 Å². The fourth-order valence-corrected chi connectivity index (χ4v) is 3.39. The van der Waals surface area contributed by atoms with E-state index in [1.807, 2.05) is 7.05 Å². The zero-order valence-electron chi connectivity index (χ0n) is 16.4. The third-order valence-electron chi connectivity index (χ3n) is 4.99. The second-order valence-corrected chi connectivity index (χ2v) is 6.88. The highest BCUT2D eigenvalue weighted by atomic mass is 127. The van der Waals surface area contributed by atoms with Crippen LogP contribution in [0.4, 0.5) is 0 Å². The highest BCUT2D eigenvalue weighted by Gasteiger charge is 2.14. The summed E-state index contributed by atoms with van der Waals surface area (Å²) in [7, 11) is 1.81. The molecule has 0 aliphatic carbocycles. The summed E-state index contributed by atoms with van der Waals surface area (Å²) >= 11 is 0. The molecule has 1 aliphatic rings. The molecular weight excluding hydrogens is 451 g/mol. The van der Waals surface area contributed by atoms with Crippen LogP contribution in [0.2, 0.25) is 0 Å². The van der Waals surface area contributed by atoms with Crippen molar-refractivity contribution in [2.75, 3.05) is 13.6 Å². The maximum Gasteiger partial charge on any atom is 0.191 e. The smallest absolute Gasteiger partial charge is 0.191 e. The third-order valence-corrected chi connectivity index (χ3v) is 4.99. The van der Waals surface area contributed by atoms with Crippen molar-refractivity contribution in [3.8, 4) is 0 Å². The molecule has 3 rings (SSSR count). The minimum atomic E-state index is 0. The molecule has 0 unspecified atom stereocenters. The number of hydrogen-bond acceptors (Lipinski definition) is 3. The molecule has 1 aromatic carbocycles. The average molecular weight is 482 g/mol. The summed E-state index contributed by atoms with van der Waals surface area (Å²) in [4.78, 5) is 4.31. The van der Waals surface area contributed by atoms with E-state index in [2.05, 4.69) is 61.6 Å². The molecule has 0 atom stereocenters. The zero-order chi connectivity index (χ0) is 18.2. The van der Waals surface area contributed by atoms with Gasteiger partial charge in [0.05, 0.1) is 0 Å². The third kappa shape index (κ3) is 6.19. The van der Waals surface area contributed by atoms with Crippen LogP contribution in [0.25, 0.3) is 0 Å². The van der Waals surface area contributed by atoms with Gasteiger partial charge in [-0.3, -0.25) is 4.99 Å². The highest BCUT2D eigenvalue weighted by Crippen LogP contribution is 2.15. The van der Waals surface area contributed by atoms with Crippen LogP contribution < -0.4 is 10.6 Å². The summed E-state index contributed by atoms with van der Waals surface area (Å²) < 4.78 is 2.33. The first kappa shape index (κ1) is 21.7. The average Bonchev–Trinajstić information content (AvgIpc) is 2.88. The molecule has 0 spiro atoms. The van der Waals surface area contributed by atoms with Crippen LogP contribution in [0.3, 0.4) is 0 Å². The number of halogens is 1. The lowest BCUT2D eigenvalue weighted by Gasteiger charge is -2.13. The van der Waals surface area contributed by atoms with E-state index < -0.39 is 0 Å². The molecule has 0 bridgehead atoms. The van der Waals surface area contributed by atoms with Crippen LogP contribution in [0.5, 0.6) is 0 Å². The Kier molecular flexibility index (Phi) is 9.03. The maximum absolute atomic E-state index is 4.40. The van der Waals surface area contributed by atoms with Gasteiger partial charge in [0, 0.05) is 39.5 Å². The van der Waals surface area contributed by atoms with Crippen LogP contribution in [0.1, 0.15) is 48.5 Å². The molecule has 0 fully saturated rings. The van der Waals surface area contributed by atoms with Crippen LogP contribution in [0.15, 0.2) is 29.3 Å². The first-order valence-electron chi connectivity index (χ1n) is 9.68. The predicted molar refractivity (Wildman–Crippen MR) is 121 cm³/mol. The van der Waals surface area contributed by atoms with E-state index in [1.54, 1.807) is 0 Å². The quantitative estimate of drug-likeness (QED) is 0.287. The van der Waals surface area contributed by atoms with Gasteiger partial charge < -0.3 is 15.2 Å². The normalized spacial score (nSPS) is 14.1. The zero-order valence-corrected chi connectivity index (χ0v) is 18.7. The fraction of sp³-hybridized carbons (Fsp3) is 0.550. The summed E-state index contributed by atoms with van der Waals surface area (Å²) in [5.74, 6) is 3.14. The number of rotatable bonds is 6. The van der Waals surface area contributed by atoms with E-state index in [-0.39, 0.29) is 24.0 Å².